The van der Waals surface area contributed by atoms with Gasteiger partial charge in [-0.1, -0.05) is 66.2 Å². The van der Waals surface area contributed by atoms with E-state index in [1.165, 1.54) is 23.1 Å². The SMILES string of the molecule is Cc1ccc(CN(C(=O)CN(c2cccc(F)c2)S(C)(=O)=O)C(Cc2ccccc2)C(=O)NC(C)C)cc1. The van der Waals surface area contributed by atoms with Crippen LogP contribution in [0.3, 0.4) is 0 Å². The van der Waals surface area contributed by atoms with Crippen molar-refractivity contribution in [2.24, 2.45) is 0 Å². The molecule has 1 atom stereocenters. The van der Waals surface area contributed by atoms with Gasteiger partial charge in [-0.3, -0.25) is 13.9 Å². The summed E-state index contributed by atoms with van der Waals surface area (Å²) in [5.41, 5.74) is 2.71. The molecule has 202 valence electrons. The summed E-state index contributed by atoms with van der Waals surface area (Å²) in [5, 5.41) is 2.90. The van der Waals surface area contributed by atoms with Gasteiger partial charge in [0.2, 0.25) is 21.8 Å². The molecule has 0 fully saturated rings. The Hall–Kier alpha value is -3.72. The average molecular weight is 540 g/mol. The fraction of sp³-hybridized carbons (Fsp3) is 0.310. The molecule has 0 bridgehead atoms. The van der Waals surface area contributed by atoms with Crippen LogP contribution in [-0.2, 0) is 32.6 Å². The van der Waals surface area contributed by atoms with Crippen LogP contribution < -0.4 is 9.62 Å². The third-order valence-corrected chi connectivity index (χ3v) is 7.09. The minimum atomic E-state index is -3.95. The number of benzene rings is 3. The lowest BCUT2D eigenvalue weighted by Gasteiger charge is -2.34. The van der Waals surface area contributed by atoms with E-state index >= 15 is 0 Å². The fourth-order valence-electron chi connectivity index (χ4n) is 4.07. The number of halogens is 1. The molecule has 0 saturated carbocycles. The van der Waals surface area contributed by atoms with E-state index < -0.39 is 34.3 Å². The lowest BCUT2D eigenvalue weighted by Crippen LogP contribution is -2.54. The zero-order valence-corrected chi connectivity index (χ0v) is 22.9. The van der Waals surface area contributed by atoms with E-state index in [-0.39, 0.29) is 30.6 Å². The second-order valence-corrected chi connectivity index (χ2v) is 11.5. The van der Waals surface area contributed by atoms with E-state index in [0.29, 0.717) is 0 Å². The van der Waals surface area contributed by atoms with Crippen LogP contribution in [0.4, 0.5) is 10.1 Å². The quantitative estimate of drug-likeness (QED) is 0.398. The molecule has 2 amide bonds. The Labute approximate surface area is 224 Å². The molecule has 38 heavy (non-hydrogen) atoms. The van der Waals surface area contributed by atoms with Crippen molar-refractivity contribution in [2.75, 3.05) is 17.1 Å². The maximum Gasteiger partial charge on any atom is 0.244 e. The first-order valence-electron chi connectivity index (χ1n) is 12.4. The number of carbonyl (C=O) groups is 2. The molecule has 1 N–H and O–H groups in total. The van der Waals surface area contributed by atoms with Crippen LogP contribution in [0.2, 0.25) is 0 Å². The summed E-state index contributed by atoms with van der Waals surface area (Å²) in [5.74, 6) is -1.56. The van der Waals surface area contributed by atoms with Crippen molar-refractivity contribution in [3.05, 3.63) is 101 Å². The highest BCUT2D eigenvalue weighted by molar-refractivity contribution is 7.92. The Bertz CT molecular complexity index is 1350. The number of amides is 2. The van der Waals surface area contributed by atoms with Gasteiger partial charge in [0.15, 0.2) is 0 Å². The Kier molecular flexibility index (Phi) is 9.63. The Morgan fingerprint density at radius 1 is 0.921 bits per heavy atom. The third-order valence-electron chi connectivity index (χ3n) is 5.95. The number of anilines is 1. The monoisotopic (exact) mass is 539 g/mol. The van der Waals surface area contributed by atoms with Crippen molar-refractivity contribution in [1.82, 2.24) is 10.2 Å². The Morgan fingerprint density at radius 3 is 2.16 bits per heavy atom. The van der Waals surface area contributed by atoms with Crippen LogP contribution in [0.25, 0.3) is 0 Å². The lowest BCUT2D eigenvalue weighted by atomic mass is 10.0. The number of nitrogens with one attached hydrogen (secondary N) is 1. The van der Waals surface area contributed by atoms with Crippen LogP contribution in [0.15, 0.2) is 78.9 Å². The minimum absolute atomic E-state index is 0.0300. The topological polar surface area (TPSA) is 86.8 Å². The maximum absolute atomic E-state index is 14.0. The number of aryl methyl sites for hydroxylation is 1. The van der Waals surface area contributed by atoms with Crippen LogP contribution >= 0.6 is 0 Å². The second kappa shape index (κ2) is 12.7. The second-order valence-electron chi connectivity index (χ2n) is 9.63. The van der Waals surface area contributed by atoms with E-state index in [4.69, 9.17) is 0 Å². The first-order chi connectivity index (χ1) is 17.9. The molecule has 0 saturated heterocycles. The summed E-state index contributed by atoms with van der Waals surface area (Å²) in [6.45, 7) is 5.11. The molecule has 0 aliphatic rings. The molecule has 3 aromatic rings. The standard InChI is InChI=1S/C29H34FN3O4S/c1-21(2)31-29(35)27(17-23-9-6-5-7-10-23)32(19-24-15-13-22(3)14-16-24)28(34)20-33(38(4,36)37)26-12-8-11-25(30)18-26/h5-16,18,21,27H,17,19-20H2,1-4H3,(H,31,35). The van der Waals surface area contributed by atoms with E-state index in [1.54, 1.807) is 0 Å². The highest BCUT2D eigenvalue weighted by Gasteiger charge is 2.33. The van der Waals surface area contributed by atoms with Gasteiger partial charge in [0.05, 0.1) is 11.9 Å². The van der Waals surface area contributed by atoms with E-state index in [1.807, 2.05) is 75.4 Å². The molecule has 9 heteroatoms. The van der Waals surface area contributed by atoms with Gasteiger partial charge in [-0.05, 0) is 50.1 Å². The smallest absolute Gasteiger partial charge is 0.244 e. The van der Waals surface area contributed by atoms with Gasteiger partial charge >= 0.3 is 0 Å². The van der Waals surface area contributed by atoms with Gasteiger partial charge in [-0.15, -0.1) is 0 Å². The Morgan fingerprint density at radius 2 is 1.58 bits per heavy atom. The van der Waals surface area contributed by atoms with E-state index in [0.717, 1.165) is 33.3 Å². The molecule has 3 rings (SSSR count). The number of nitrogens with zero attached hydrogens (tertiary/aromatic N) is 2. The molecule has 0 radical (unpaired) electrons. The van der Waals surface area contributed by atoms with Crippen molar-refractivity contribution in [2.45, 2.75) is 45.8 Å². The number of hydrogen-bond donors (Lipinski definition) is 1. The van der Waals surface area contributed by atoms with Gasteiger partial charge in [-0.25, -0.2) is 12.8 Å². The van der Waals surface area contributed by atoms with Crippen molar-refractivity contribution < 1.29 is 22.4 Å². The van der Waals surface area contributed by atoms with Crippen molar-refractivity contribution in [1.29, 1.82) is 0 Å². The molecule has 3 aromatic carbocycles. The summed E-state index contributed by atoms with van der Waals surface area (Å²) >= 11 is 0. The summed E-state index contributed by atoms with van der Waals surface area (Å²) in [7, 11) is -3.95. The predicted molar refractivity (Wildman–Crippen MR) is 148 cm³/mol. The van der Waals surface area contributed by atoms with Gasteiger partial charge in [0.25, 0.3) is 0 Å². The predicted octanol–water partition coefficient (Wildman–Crippen LogP) is 4.06. The zero-order chi connectivity index (χ0) is 27.9. The largest absolute Gasteiger partial charge is 0.352 e. The summed E-state index contributed by atoms with van der Waals surface area (Å²) in [6.07, 6.45) is 1.19. The summed E-state index contributed by atoms with van der Waals surface area (Å²) in [6, 6.07) is 20.9. The number of carbonyl (C=O) groups excluding carboxylic acids is 2. The zero-order valence-electron chi connectivity index (χ0n) is 22.1. The number of hydrogen-bond acceptors (Lipinski definition) is 4. The molecule has 0 aliphatic heterocycles. The fourth-order valence-corrected chi connectivity index (χ4v) is 4.91. The number of rotatable bonds is 11. The summed E-state index contributed by atoms with van der Waals surface area (Å²) < 4.78 is 40.2. The highest BCUT2D eigenvalue weighted by atomic mass is 32.2. The van der Waals surface area contributed by atoms with Crippen LogP contribution in [0.5, 0.6) is 0 Å². The maximum atomic E-state index is 14.0. The molecular formula is C29H34FN3O4S. The number of sulfonamides is 1. The van der Waals surface area contributed by atoms with Crippen molar-refractivity contribution >= 4 is 27.5 Å². The molecule has 0 aliphatic carbocycles. The molecule has 0 heterocycles. The molecule has 1 unspecified atom stereocenters. The van der Waals surface area contributed by atoms with E-state index in [2.05, 4.69) is 5.32 Å². The first-order valence-corrected chi connectivity index (χ1v) is 14.2. The van der Waals surface area contributed by atoms with Crippen LogP contribution in [0, 0.1) is 12.7 Å². The van der Waals surface area contributed by atoms with Crippen LogP contribution in [0.1, 0.15) is 30.5 Å². The average Bonchev–Trinajstić information content (AvgIpc) is 2.85. The van der Waals surface area contributed by atoms with E-state index in [9.17, 15) is 22.4 Å². The minimum Gasteiger partial charge on any atom is -0.352 e. The highest BCUT2D eigenvalue weighted by Crippen LogP contribution is 2.21. The van der Waals surface area contributed by atoms with Gasteiger partial charge in [-0.2, -0.15) is 0 Å². The first kappa shape index (κ1) is 28.8. The third kappa shape index (κ3) is 8.14. The van der Waals surface area contributed by atoms with Crippen LogP contribution in [-0.4, -0.2) is 50.0 Å². The molecule has 7 nitrogen and oxygen atoms in total. The van der Waals surface area contributed by atoms with Crippen molar-refractivity contribution in [3.8, 4) is 0 Å². The summed E-state index contributed by atoms with van der Waals surface area (Å²) in [4.78, 5) is 28.8. The van der Waals surface area contributed by atoms with Gasteiger partial charge in [0.1, 0.15) is 18.4 Å². The van der Waals surface area contributed by atoms with Gasteiger partial charge < -0.3 is 10.2 Å². The van der Waals surface area contributed by atoms with Crippen molar-refractivity contribution in [3.63, 3.8) is 0 Å². The van der Waals surface area contributed by atoms with Gasteiger partial charge in [0, 0.05) is 19.0 Å². The Balaban J connectivity index is 2.05. The normalized spacial score (nSPS) is 12.2. The molecule has 0 spiro atoms. The lowest BCUT2D eigenvalue weighted by molar-refractivity contribution is -0.140. The molecule has 0 aromatic heterocycles. The molecular weight excluding hydrogens is 505 g/mol.